The number of nitrogens with one attached hydrogen (secondary N) is 1. The fourth-order valence-electron chi connectivity index (χ4n) is 2.68. The molecule has 0 fully saturated rings. The van der Waals surface area contributed by atoms with Crippen LogP contribution < -0.4 is 5.32 Å². The van der Waals surface area contributed by atoms with Crippen LogP contribution in [0.3, 0.4) is 0 Å². The summed E-state index contributed by atoms with van der Waals surface area (Å²) in [6, 6.07) is 17.4. The van der Waals surface area contributed by atoms with Gasteiger partial charge in [-0.15, -0.1) is 0 Å². The van der Waals surface area contributed by atoms with E-state index in [4.69, 9.17) is 9.78 Å². The molecule has 0 saturated heterocycles. The fourth-order valence-corrected chi connectivity index (χ4v) is 2.68. The average molecular weight is 329 g/mol. The molecule has 0 bridgehead atoms. The van der Waals surface area contributed by atoms with Crippen LogP contribution in [-0.2, 0) is 0 Å². The molecule has 4 rings (SSSR count). The Kier molecular flexibility index (Phi) is 3.75. The van der Waals surface area contributed by atoms with Crippen LogP contribution in [0.4, 0.5) is 0 Å². The lowest BCUT2D eigenvalue weighted by molar-refractivity contribution is 0.432. The minimum absolute atomic E-state index is 0.354. The van der Waals surface area contributed by atoms with Gasteiger partial charge in [0.15, 0.2) is 0 Å². The van der Waals surface area contributed by atoms with Crippen molar-refractivity contribution in [2.24, 2.45) is 4.99 Å². The Bertz CT molecular complexity index is 982. The summed E-state index contributed by atoms with van der Waals surface area (Å²) in [6.45, 7) is 2.88. The van der Waals surface area contributed by atoms with Gasteiger partial charge in [-0.05, 0) is 37.3 Å². The summed E-state index contributed by atoms with van der Waals surface area (Å²) >= 11 is 0. The van der Waals surface area contributed by atoms with Crippen molar-refractivity contribution in [3.05, 3.63) is 59.7 Å². The van der Waals surface area contributed by atoms with Gasteiger partial charge in [0.05, 0.1) is 18.2 Å². The minimum Gasteiger partial charge on any atom is -0.366 e. The first-order valence-electron chi connectivity index (χ1n) is 7.99. The second-order valence-corrected chi connectivity index (χ2v) is 5.93. The van der Waals surface area contributed by atoms with Gasteiger partial charge in [-0.1, -0.05) is 23.4 Å². The highest BCUT2D eigenvalue weighted by atomic mass is 16.5. The maximum atomic E-state index is 8.87. The number of hydrogen-bond donors (Lipinski definition) is 1. The van der Waals surface area contributed by atoms with Crippen molar-refractivity contribution in [2.45, 2.75) is 13.0 Å². The van der Waals surface area contributed by atoms with E-state index in [1.54, 1.807) is 24.3 Å². The minimum atomic E-state index is 0.354. The number of hydrogen-bond acceptors (Lipinski definition) is 6. The highest BCUT2D eigenvalue weighted by Crippen LogP contribution is 2.23. The fraction of sp³-hybridized carbons (Fsp3) is 0.158. The molecular formula is C19H15N5O. The number of rotatable bonds is 3. The van der Waals surface area contributed by atoms with E-state index in [0.29, 0.717) is 23.3 Å². The Morgan fingerprint density at radius 2 is 1.92 bits per heavy atom. The Balaban J connectivity index is 1.63. The highest BCUT2D eigenvalue weighted by molar-refractivity contribution is 6.00. The van der Waals surface area contributed by atoms with E-state index in [9.17, 15) is 0 Å². The predicted molar refractivity (Wildman–Crippen MR) is 93.9 cm³/mol. The summed E-state index contributed by atoms with van der Waals surface area (Å²) in [5, 5.41) is 16.3. The topological polar surface area (TPSA) is 87.1 Å². The Morgan fingerprint density at radius 3 is 2.64 bits per heavy atom. The second-order valence-electron chi connectivity index (χ2n) is 5.93. The molecule has 1 aliphatic heterocycles. The number of nitriles is 1. The first-order valence-corrected chi connectivity index (χ1v) is 7.99. The van der Waals surface area contributed by atoms with Crippen LogP contribution in [0.5, 0.6) is 0 Å². The molecular weight excluding hydrogens is 314 g/mol. The lowest BCUT2D eigenvalue weighted by Crippen LogP contribution is -2.27. The van der Waals surface area contributed by atoms with Gasteiger partial charge in [-0.2, -0.15) is 10.2 Å². The Labute approximate surface area is 144 Å². The highest BCUT2D eigenvalue weighted by Gasteiger charge is 2.16. The molecule has 1 N–H and O–H groups in total. The van der Waals surface area contributed by atoms with Crippen molar-refractivity contribution in [2.75, 3.05) is 6.54 Å². The van der Waals surface area contributed by atoms with E-state index in [1.165, 1.54) is 0 Å². The zero-order valence-corrected chi connectivity index (χ0v) is 13.6. The van der Waals surface area contributed by atoms with E-state index >= 15 is 0 Å². The molecule has 1 atom stereocenters. The molecule has 6 nitrogen and oxygen atoms in total. The number of nitrogens with zero attached hydrogens (tertiary/aromatic N) is 4. The van der Waals surface area contributed by atoms with Crippen LogP contribution in [0.1, 0.15) is 18.1 Å². The van der Waals surface area contributed by atoms with Crippen LogP contribution in [0.25, 0.3) is 22.8 Å². The van der Waals surface area contributed by atoms with E-state index in [-0.39, 0.29) is 0 Å². The van der Waals surface area contributed by atoms with Gasteiger partial charge >= 0.3 is 0 Å². The molecule has 25 heavy (non-hydrogen) atoms. The molecule has 2 heterocycles. The third-order valence-electron chi connectivity index (χ3n) is 3.99. The van der Waals surface area contributed by atoms with E-state index in [2.05, 4.69) is 33.4 Å². The summed E-state index contributed by atoms with van der Waals surface area (Å²) in [4.78, 5) is 8.97. The largest absolute Gasteiger partial charge is 0.366 e. The SMILES string of the molecule is CC1CN=C(c2cccc(-c3noc(-c4ccc(C#N)cc4)n3)c2)N1. The van der Waals surface area contributed by atoms with Gasteiger partial charge in [-0.25, -0.2) is 0 Å². The van der Waals surface area contributed by atoms with Crippen LogP contribution in [0, 0.1) is 11.3 Å². The molecule has 0 saturated carbocycles. The number of amidine groups is 1. The van der Waals surface area contributed by atoms with Crippen LogP contribution in [0.2, 0.25) is 0 Å². The number of benzene rings is 2. The summed E-state index contributed by atoms with van der Waals surface area (Å²) in [5.41, 5.74) is 3.25. The molecule has 3 aromatic rings. The first kappa shape index (κ1) is 15.1. The molecule has 1 unspecified atom stereocenters. The van der Waals surface area contributed by atoms with Gasteiger partial charge in [0.2, 0.25) is 5.82 Å². The first-order chi connectivity index (χ1) is 12.2. The standard InChI is InChI=1S/C19H15N5O/c1-12-11-21-17(22-12)15-3-2-4-16(9-15)18-23-19(25-24-18)14-7-5-13(10-20)6-8-14/h2-9,12H,11H2,1H3,(H,21,22). The van der Waals surface area contributed by atoms with Crippen molar-refractivity contribution >= 4 is 5.84 Å². The second kappa shape index (κ2) is 6.21. The third kappa shape index (κ3) is 3.00. The lowest BCUT2D eigenvalue weighted by atomic mass is 10.1. The zero-order chi connectivity index (χ0) is 17.2. The van der Waals surface area contributed by atoms with Gasteiger partial charge in [0, 0.05) is 22.7 Å². The smallest absolute Gasteiger partial charge is 0.258 e. The Hall–Kier alpha value is -3.46. The van der Waals surface area contributed by atoms with Crippen LogP contribution >= 0.6 is 0 Å². The van der Waals surface area contributed by atoms with Gasteiger partial charge in [-0.3, -0.25) is 4.99 Å². The average Bonchev–Trinajstić information content (AvgIpc) is 3.31. The van der Waals surface area contributed by atoms with Crippen LogP contribution in [0.15, 0.2) is 58.0 Å². The monoisotopic (exact) mass is 329 g/mol. The number of aliphatic imine (C=N–C) groups is 1. The Morgan fingerprint density at radius 1 is 1.12 bits per heavy atom. The molecule has 1 aromatic heterocycles. The molecule has 122 valence electrons. The molecule has 0 aliphatic carbocycles. The zero-order valence-electron chi connectivity index (χ0n) is 13.6. The van der Waals surface area contributed by atoms with Gasteiger partial charge < -0.3 is 9.84 Å². The molecule has 6 heteroatoms. The summed E-state index contributed by atoms with van der Waals surface area (Å²) in [5.74, 6) is 1.84. The molecule has 0 radical (unpaired) electrons. The molecule has 1 aliphatic rings. The van der Waals surface area contributed by atoms with Gasteiger partial charge in [0.25, 0.3) is 5.89 Å². The maximum absolute atomic E-state index is 8.87. The van der Waals surface area contributed by atoms with Gasteiger partial charge in [0.1, 0.15) is 5.84 Å². The molecule has 2 aromatic carbocycles. The van der Waals surface area contributed by atoms with Crippen molar-refractivity contribution < 1.29 is 4.52 Å². The predicted octanol–water partition coefficient (Wildman–Crippen LogP) is 3.01. The summed E-state index contributed by atoms with van der Waals surface area (Å²) in [7, 11) is 0. The molecule has 0 spiro atoms. The summed E-state index contributed by atoms with van der Waals surface area (Å²) in [6.07, 6.45) is 0. The van der Waals surface area contributed by atoms with Crippen molar-refractivity contribution in [3.8, 4) is 28.9 Å². The third-order valence-corrected chi connectivity index (χ3v) is 3.99. The summed E-state index contributed by atoms with van der Waals surface area (Å²) < 4.78 is 5.37. The maximum Gasteiger partial charge on any atom is 0.258 e. The van der Waals surface area contributed by atoms with E-state index in [0.717, 1.165) is 29.1 Å². The van der Waals surface area contributed by atoms with Crippen molar-refractivity contribution in [3.63, 3.8) is 0 Å². The number of aromatic nitrogens is 2. The normalized spacial score (nSPS) is 16.2. The van der Waals surface area contributed by atoms with E-state index < -0.39 is 0 Å². The lowest BCUT2D eigenvalue weighted by Gasteiger charge is -2.06. The van der Waals surface area contributed by atoms with Crippen molar-refractivity contribution in [1.82, 2.24) is 15.5 Å². The molecule has 0 amide bonds. The van der Waals surface area contributed by atoms with E-state index in [1.807, 2.05) is 24.3 Å². The van der Waals surface area contributed by atoms with Crippen LogP contribution in [-0.4, -0.2) is 28.6 Å². The van der Waals surface area contributed by atoms with Crippen molar-refractivity contribution in [1.29, 1.82) is 5.26 Å². The quantitative estimate of drug-likeness (QED) is 0.798.